The molecule has 1 heterocycles. The normalized spacial score (nSPS) is 10.1. The van der Waals surface area contributed by atoms with Gasteiger partial charge in [0.2, 0.25) is 5.13 Å². The van der Waals surface area contributed by atoms with Gasteiger partial charge in [-0.1, -0.05) is 11.3 Å². The molecule has 16 heavy (non-hydrogen) atoms. The fourth-order valence-corrected chi connectivity index (χ4v) is 2.42. The molecule has 2 aromatic rings. The van der Waals surface area contributed by atoms with Crippen LogP contribution in [0, 0.1) is 3.57 Å². The first-order valence-corrected chi connectivity index (χ1v) is 6.94. The Morgan fingerprint density at radius 1 is 1.50 bits per heavy atom. The Kier molecular flexibility index (Phi) is 3.87. The maximum atomic E-state index is 11.9. The Labute approximate surface area is 118 Å². The van der Waals surface area contributed by atoms with Gasteiger partial charge in [-0.05, 0) is 56.7 Å². The van der Waals surface area contributed by atoms with Gasteiger partial charge in [0.25, 0.3) is 5.91 Å². The van der Waals surface area contributed by atoms with E-state index in [9.17, 15) is 4.79 Å². The number of carbonyl (C=O) groups is 1. The summed E-state index contributed by atoms with van der Waals surface area (Å²) in [7, 11) is 0. The van der Waals surface area contributed by atoms with E-state index in [2.05, 4.69) is 54.0 Å². The van der Waals surface area contributed by atoms with Crippen LogP contribution in [0.25, 0.3) is 0 Å². The van der Waals surface area contributed by atoms with E-state index in [-0.39, 0.29) is 5.91 Å². The van der Waals surface area contributed by atoms with E-state index in [0.29, 0.717) is 10.7 Å². The van der Waals surface area contributed by atoms with E-state index in [1.165, 1.54) is 11.3 Å². The van der Waals surface area contributed by atoms with Gasteiger partial charge in [0.15, 0.2) is 0 Å². The molecule has 0 atom stereocenters. The lowest BCUT2D eigenvalue weighted by Gasteiger charge is -2.04. The van der Waals surface area contributed by atoms with Crippen molar-refractivity contribution in [2.45, 2.75) is 0 Å². The van der Waals surface area contributed by atoms with E-state index >= 15 is 0 Å². The molecule has 0 radical (unpaired) electrons. The summed E-state index contributed by atoms with van der Waals surface area (Å²) in [6.07, 6.45) is 0. The maximum Gasteiger partial charge on any atom is 0.258 e. The predicted molar refractivity (Wildman–Crippen MR) is 74.7 cm³/mol. The van der Waals surface area contributed by atoms with Gasteiger partial charge in [-0.2, -0.15) is 0 Å². The fraction of sp³-hybridized carbons (Fsp3) is 0. The third-order valence-electron chi connectivity index (χ3n) is 1.75. The van der Waals surface area contributed by atoms with Crippen LogP contribution >= 0.6 is 49.9 Å². The van der Waals surface area contributed by atoms with Crippen molar-refractivity contribution in [3.05, 3.63) is 37.3 Å². The summed E-state index contributed by atoms with van der Waals surface area (Å²) in [5.41, 5.74) is 2.15. The lowest BCUT2D eigenvalue weighted by molar-refractivity contribution is 0.102. The highest BCUT2D eigenvalue weighted by Crippen LogP contribution is 2.21. The van der Waals surface area contributed by atoms with Crippen molar-refractivity contribution in [3.63, 3.8) is 0 Å². The van der Waals surface area contributed by atoms with Crippen LogP contribution in [-0.4, -0.2) is 16.1 Å². The number of nitrogens with one attached hydrogen (secondary N) is 1. The Morgan fingerprint density at radius 3 is 3.00 bits per heavy atom. The summed E-state index contributed by atoms with van der Waals surface area (Å²) < 4.78 is 1.76. The molecule has 2 rings (SSSR count). The lowest BCUT2D eigenvalue weighted by Crippen LogP contribution is -2.12. The Bertz CT molecular complexity index is 517. The van der Waals surface area contributed by atoms with Gasteiger partial charge in [0.05, 0.1) is 5.56 Å². The van der Waals surface area contributed by atoms with Crippen molar-refractivity contribution in [2.24, 2.45) is 0 Å². The quantitative estimate of drug-likeness (QED) is 0.775. The molecular formula is C9H5BrIN3OS. The largest absolute Gasteiger partial charge is 0.296 e. The van der Waals surface area contributed by atoms with Gasteiger partial charge in [-0.15, -0.1) is 10.2 Å². The average molecular weight is 410 g/mol. The molecule has 0 unspecified atom stereocenters. The number of rotatable bonds is 2. The minimum atomic E-state index is -0.192. The van der Waals surface area contributed by atoms with Crippen LogP contribution in [0.2, 0.25) is 0 Å². The molecule has 0 bridgehead atoms. The van der Waals surface area contributed by atoms with Crippen LogP contribution < -0.4 is 5.32 Å². The van der Waals surface area contributed by atoms with E-state index in [1.807, 2.05) is 12.1 Å². The number of benzene rings is 1. The van der Waals surface area contributed by atoms with E-state index in [1.54, 1.807) is 11.6 Å². The maximum absolute atomic E-state index is 11.9. The summed E-state index contributed by atoms with van der Waals surface area (Å²) in [6, 6.07) is 5.57. The molecule has 0 aliphatic carbocycles. The van der Waals surface area contributed by atoms with Crippen molar-refractivity contribution >= 4 is 60.9 Å². The topological polar surface area (TPSA) is 54.9 Å². The van der Waals surface area contributed by atoms with Crippen LogP contribution in [-0.2, 0) is 0 Å². The second-order valence-electron chi connectivity index (χ2n) is 2.82. The summed E-state index contributed by atoms with van der Waals surface area (Å²) in [6.45, 7) is 0. The van der Waals surface area contributed by atoms with Crippen molar-refractivity contribution in [2.75, 3.05) is 5.32 Å². The highest BCUT2D eigenvalue weighted by atomic mass is 127. The third-order valence-corrected chi connectivity index (χ3v) is 3.72. The number of amides is 1. The second-order valence-corrected chi connectivity index (χ2v) is 5.76. The lowest BCUT2D eigenvalue weighted by atomic mass is 10.2. The molecule has 0 spiro atoms. The first-order valence-electron chi connectivity index (χ1n) is 4.19. The zero-order valence-electron chi connectivity index (χ0n) is 7.78. The summed E-state index contributed by atoms with van der Waals surface area (Å²) in [5, 5.41) is 10.6. The molecule has 1 aromatic heterocycles. The van der Waals surface area contributed by atoms with Gasteiger partial charge < -0.3 is 0 Å². The number of anilines is 1. The van der Waals surface area contributed by atoms with Crippen molar-refractivity contribution in [1.82, 2.24) is 10.2 Å². The minimum absolute atomic E-state index is 0.192. The van der Waals surface area contributed by atoms with Crippen LogP contribution in [0.1, 0.15) is 10.4 Å². The van der Waals surface area contributed by atoms with Gasteiger partial charge >= 0.3 is 0 Å². The number of hydrogen-bond donors (Lipinski definition) is 1. The first kappa shape index (κ1) is 11.9. The highest BCUT2D eigenvalue weighted by Gasteiger charge is 2.11. The molecular weight excluding hydrogens is 405 g/mol. The van der Waals surface area contributed by atoms with Crippen molar-refractivity contribution < 1.29 is 4.79 Å². The van der Waals surface area contributed by atoms with E-state index in [0.717, 1.165) is 8.04 Å². The van der Waals surface area contributed by atoms with E-state index < -0.39 is 0 Å². The molecule has 0 aliphatic heterocycles. The number of carbonyl (C=O) groups excluding carboxylic acids is 1. The minimum Gasteiger partial charge on any atom is -0.296 e. The zero-order valence-corrected chi connectivity index (χ0v) is 12.3. The number of halogens is 2. The first-order chi connectivity index (χ1) is 7.66. The van der Waals surface area contributed by atoms with Gasteiger partial charge in [0.1, 0.15) is 5.51 Å². The molecule has 4 nitrogen and oxygen atoms in total. The van der Waals surface area contributed by atoms with Crippen LogP contribution in [0.5, 0.6) is 0 Å². The number of aromatic nitrogens is 2. The Morgan fingerprint density at radius 2 is 2.31 bits per heavy atom. The van der Waals surface area contributed by atoms with Crippen LogP contribution in [0.3, 0.4) is 0 Å². The highest BCUT2D eigenvalue weighted by molar-refractivity contribution is 14.1. The predicted octanol–water partition coefficient (Wildman–Crippen LogP) is 3.16. The van der Waals surface area contributed by atoms with Crippen LogP contribution in [0.15, 0.2) is 28.2 Å². The molecule has 1 amide bonds. The Balaban J connectivity index is 2.24. The Hall–Kier alpha value is -0.540. The standard InChI is InChI=1S/C9H5BrIN3OS/c10-7-2-1-5(11)3-6(7)8(15)13-9-14-12-4-16-9/h1-4H,(H,13,14,15). The zero-order chi connectivity index (χ0) is 11.5. The van der Waals surface area contributed by atoms with E-state index in [4.69, 9.17) is 0 Å². The SMILES string of the molecule is O=C(Nc1nncs1)c1cc(I)ccc1Br. The summed E-state index contributed by atoms with van der Waals surface area (Å²) in [5.74, 6) is -0.192. The number of nitrogens with zero attached hydrogens (tertiary/aromatic N) is 2. The second kappa shape index (κ2) is 5.19. The average Bonchev–Trinajstić information content (AvgIpc) is 2.74. The smallest absolute Gasteiger partial charge is 0.258 e. The van der Waals surface area contributed by atoms with Gasteiger partial charge in [-0.3, -0.25) is 10.1 Å². The molecule has 0 aliphatic rings. The fourth-order valence-electron chi connectivity index (χ4n) is 1.06. The molecule has 1 aromatic carbocycles. The van der Waals surface area contributed by atoms with Crippen LogP contribution in [0.4, 0.5) is 5.13 Å². The summed E-state index contributed by atoms with van der Waals surface area (Å²) >= 11 is 6.78. The molecule has 0 saturated carbocycles. The molecule has 0 saturated heterocycles. The van der Waals surface area contributed by atoms with Crippen molar-refractivity contribution in [1.29, 1.82) is 0 Å². The van der Waals surface area contributed by atoms with Gasteiger partial charge in [0, 0.05) is 8.04 Å². The molecule has 82 valence electrons. The molecule has 0 fully saturated rings. The third kappa shape index (κ3) is 2.77. The molecule has 7 heteroatoms. The molecule has 1 N–H and O–H groups in total. The van der Waals surface area contributed by atoms with Gasteiger partial charge in [-0.25, -0.2) is 0 Å². The summed E-state index contributed by atoms with van der Waals surface area (Å²) in [4.78, 5) is 11.9. The number of hydrogen-bond acceptors (Lipinski definition) is 4. The van der Waals surface area contributed by atoms with Crippen molar-refractivity contribution in [3.8, 4) is 0 Å². The monoisotopic (exact) mass is 409 g/mol.